The van der Waals surface area contributed by atoms with Crippen molar-refractivity contribution in [3.05, 3.63) is 28.3 Å². The van der Waals surface area contributed by atoms with Crippen LogP contribution in [0.25, 0.3) is 0 Å². The number of rotatable bonds is 5. The van der Waals surface area contributed by atoms with Crippen molar-refractivity contribution in [2.24, 2.45) is 5.41 Å². The van der Waals surface area contributed by atoms with Crippen LogP contribution in [0, 0.1) is 15.5 Å². The molecule has 0 aliphatic rings. The quantitative estimate of drug-likeness (QED) is 0.644. The Morgan fingerprint density at radius 2 is 2.06 bits per heavy atom. The molecule has 0 aromatic heterocycles. The van der Waals surface area contributed by atoms with E-state index in [2.05, 4.69) is 26.1 Å². The summed E-state index contributed by atoms with van der Waals surface area (Å²) in [6.45, 7) is 9.21. The molecule has 0 atom stereocenters. The van der Waals surface area contributed by atoms with Gasteiger partial charge in [0.15, 0.2) is 0 Å². The highest BCUT2D eigenvalue weighted by Crippen LogP contribution is 2.30. The molecule has 5 nitrogen and oxygen atoms in total. The maximum absolute atomic E-state index is 11.0. The van der Waals surface area contributed by atoms with Gasteiger partial charge in [0.05, 0.1) is 17.6 Å². The van der Waals surface area contributed by atoms with Gasteiger partial charge in [-0.1, -0.05) is 20.8 Å². The largest absolute Gasteiger partial charge is 0.494 e. The molecule has 18 heavy (non-hydrogen) atoms. The standard InChI is InChI=1S/C13H20N2O3/c1-5-18-10-6-7-11(12(8-10)15(16)17)14-9-13(2,3)4/h6-8,14H,5,9H2,1-4H3. The summed E-state index contributed by atoms with van der Waals surface area (Å²) >= 11 is 0. The van der Waals surface area contributed by atoms with Gasteiger partial charge in [-0.05, 0) is 24.5 Å². The van der Waals surface area contributed by atoms with Crippen LogP contribution in [0.3, 0.4) is 0 Å². The Bertz CT molecular complexity index is 425. The van der Waals surface area contributed by atoms with Crippen LogP contribution in [0.5, 0.6) is 5.75 Å². The molecule has 1 aromatic rings. The summed E-state index contributed by atoms with van der Waals surface area (Å²) in [7, 11) is 0. The molecular weight excluding hydrogens is 232 g/mol. The van der Waals surface area contributed by atoms with Gasteiger partial charge >= 0.3 is 0 Å². The number of benzene rings is 1. The monoisotopic (exact) mass is 252 g/mol. The van der Waals surface area contributed by atoms with E-state index in [-0.39, 0.29) is 11.1 Å². The van der Waals surface area contributed by atoms with Gasteiger partial charge in [0, 0.05) is 6.54 Å². The molecule has 0 spiro atoms. The molecular formula is C13H20N2O3. The normalized spacial score (nSPS) is 11.1. The van der Waals surface area contributed by atoms with Gasteiger partial charge in [0.1, 0.15) is 11.4 Å². The molecule has 0 amide bonds. The van der Waals surface area contributed by atoms with Gasteiger partial charge in [0.25, 0.3) is 5.69 Å². The third-order valence-electron chi connectivity index (χ3n) is 2.29. The molecule has 1 rings (SSSR count). The van der Waals surface area contributed by atoms with Crippen LogP contribution in [0.4, 0.5) is 11.4 Å². The van der Waals surface area contributed by atoms with Crippen LogP contribution in [0.2, 0.25) is 0 Å². The smallest absolute Gasteiger partial charge is 0.296 e. The average molecular weight is 252 g/mol. The maximum Gasteiger partial charge on any atom is 0.296 e. The minimum Gasteiger partial charge on any atom is -0.494 e. The number of hydrogen-bond acceptors (Lipinski definition) is 4. The molecule has 5 heteroatoms. The summed E-state index contributed by atoms with van der Waals surface area (Å²) in [6.07, 6.45) is 0. The lowest BCUT2D eigenvalue weighted by Crippen LogP contribution is -2.19. The molecule has 1 aromatic carbocycles. The van der Waals surface area contributed by atoms with E-state index in [4.69, 9.17) is 4.74 Å². The number of hydrogen-bond donors (Lipinski definition) is 1. The molecule has 0 fully saturated rings. The van der Waals surface area contributed by atoms with Crippen LogP contribution < -0.4 is 10.1 Å². The van der Waals surface area contributed by atoms with Gasteiger partial charge < -0.3 is 10.1 Å². The molecule has 100 valence electrons. The second-order valence-corrected chi connectivity index (χ2v) is 5.28. The Kier molecular flexibility index (Phi) is 4.53. The highest BCUT2D eigenvalue weighted by atomic mass is 16.6. The third-order valence-corrected chi connectivity index (χ3v) is 2.29. The Balaban J connectivity index is 2.93. The Morgan fingerprint density at radius 1 is 1.39 bits per heavy atom. The minimum absolute atomic E-state index is 0.0465. The Morgan fingerprint density at radius 3 is 2.56 bits per heavy atom. The molecule has 0 radical (unpaired) electrons. The zero-order chi connectivity index (χ0) is 13.8. The first kappa shape index (κ1) is 14.3. The van der Waals surface area contributed by atoms with Crippen molar-refractivity contribution in [1.82, 2.24) is 0 Å². The van der Waals surface area contributed by atoms with Crippen molar-refractivity contribution in [2.45, 2.75) is 27.7 Å². The zero-order valence-corrected chi connectivity index (χ0v) is 11.3. The van der Waals surface area contributed by atoms with Crippen LogP contribution in [0.1, 0.15) is 27.7 Å². The van der Waals surface area contributed by atoms with Crippen molar-refractivity contribution in [3.8, 4) is 5.75 Å². The summed E-state index contributed by atoms with van der Waals surface area (Å²) in [6, 6.07) is 4.88. The van der Waals surface area contributed by atoms with E-state index in [1.54, 1.807) is 12.1 Å². The number of nitrogens with one attached hydrogen (secondary N) is 1. The van der Waals surface area contributed by atoms with Crippen LogP contribution in [0.15, 0.2) is 18.2 Å². The highest BCUT2D eigenvalue weighted by Gasteiger charge is 2.17. The van der Waals surface area contributed by atoms with Gasteiger partial charge in [-0.2, -0.15) is 0 Å². The fraction of sp³-hybridized carbons (Fsp3) is 0.538. The topological polar surface area (TPSA) is 64.4 Å². The van der Waals surface area contributed by atoms with Crippen molar-refractivity contribution in [1.29, 1.82) is 0 Å². The lowest BCUT2D eigenvalue weighted by atomic mass is 9.97. The van der Waals surface area contributed by atoms with E-state index in [9.17, 15) is 10.1 Å². The molecule has 1 N–H and O–H groups in total. The number of nitrogens with zero attached hydrogens (tertiary/aromatic N) is 1. The molecule has 0 aliphatic carbocycles. The number of nitro benzene ring substituents is 1. The Hall–Kier alpha value is -1.78. The van der Waals surface area contributed by atoms with E-state index in [1.165, 1.54) is 6.07 Å². The van der Waals surface area contributed by atoms with E-state index < -0.39 is 4.92 Å². The highest BCUT2D eigenvalue weighted by molar-refractivity contribution is 5.63. The van der Waals surface area contributed by atoms with E-state index in [0.29, 0.717) is 24.6 Å². The van der Waals surface area contributed by atoms with Crippen molar-refractivity contribution in [3.63, 3.8) is 0 Å². The summed E-state index contributed by atoms with van der Waals surface area (Å²) in [4.78, 5) is 10.6. The number of anilines is 1. The fourth-order valence-electron chi connectivity index (χ4n) is 1.43. The van der Waals surface area contributed by atoms with Crippen LogP contribution in [-0.4, -0.2) is 18.1 Å². The predicted molar refractivity (Wildman–Crippen MR) is 72.2 cm³/mol. The summed E-state index contributed by atoms with van der Waals surface area (Å²) < 4.78 is 5.26. The molecule has 0 bridgehead atoms. The van der Waals surface area contributed by atoms with Gasteiger partial charge in [-0.25, -0.2) is 0 Å². The van der Waals surface area contributed by atoms with E-state index in [1.807, 2.05) is 6.92 Å². The van der Waals surface area contributed by atoms with Gasteiger partial charge in [-0.15, -0.1) is 0 Å². The van der Waals surface area contributed by atoms with Crippen molar-refractivity contribution >= 4 is 11.4 Å². The Labute approximate surface area is 107 Å². The second kappa shape index (κ2) is 5.71. The predicted octanol–water partition coefficient (Wildman–Crippen LogP) is 3.45. The lowest BCUT2D eigenvalue weighted by molar-refractivity contribution is -0.384. The molecule has 0 saturated carbocycles. The SMILES string of the molecule is CCOc1ccc(NCC(C)(C)C)c([N+](=O)[O-])c1. The van der Waals surface area contributed by atoms with Gasteiger partial charge in [0.2, 0.25) is 0 Å². The lowest BCUT2D eigenvalue weighted by Gasteiger charge is -2.19. The molecule has 0 saturated heterocycles. The molecule has 0 heterocycles. The summed E-state index contributed by atoms with van der Waals surface area (Å²) in [5.41, 5.74) is 0.635. The first-order valence-corrected chi connectivity index (χ1v) is 5.98. The zero-order valence-electron chi connectivity index (χ0n) is 11.3. The average Bonchev–Trinajstić information content (AvgIpc) is 2.26. The minimum atomic E-state index is -0.395. The molecule has 0 aliphatic heterocycles. The summed E-state index contributed by atoms with van der Waals surface area (Å²) in [5, 5.41) is 14.1. The first-order chi connectivity index (χ1) is 8.33. The molecule has 0 unspecified atom stereocenters. The van der Waals surface area contributed by atoms with Gasteiger partial charge in [-0.3, -0.25) is 10.1 Å². The van der Waals surface area contributed by atoms with Crippen molar-refractivity contribution < 1.29 is 9.66 Å². The third kappa shape index (κ3) is 4.24. The number of nitro groups is 1. The van der Waals surface area contributed by atoms with Crippen molar-refractivity contribution in [2.75, 3.05) is 18.5 Å². The number of ether oxygens (including phenoxy) is 1. The maximum atomic E-state index is 11.0. The van der Waals surface area contributed by atoms with E-state index in [0.717, 1.165) is 0 Å². The fourth-order valence-corrected chi connectivity index (χ4v) is 1.43. The first-order valence-electron chi connectivity index (χ1n) is 5.98. The van der Waals surface area contributed by atoms with E-state index >= 15 is 0 Å². The second-order valence-electron chi connectivity index (χ2n) is 5.28. The van der Waals surface area contributed by atoms with Crippen LogP contribution >= 0.6 is 0 Å². The van der Waals surface area contributed by atoms with Crippen LogP contribution in [-0.2, 0) is 0 Å². The summed E-state index contributed by atoms with van der Waals surface area (Å²) in [5.74, 6) is 0.519.